The number of aliphatic hydroxyl groups excluding tert-OH is 1. The number of amides is 1. The van der Waals surface area contributed by atoms with Crippen molar-refractivity contribution in [3.05, 3.63) is 34.9 Å². The fraction of sp³-hybridized carbons (Fsp3) is 0.562. The number of hydrogen-bond donors (Lipinski definition) is 3. The maximum atomic E-state index is 11.8. The van der Waals surface area contributed by atoms with Gasteiger partial charge in [0.25, 0.3) is 5.91 Å². The summed E-state index contributed by atoms with van der Waals surface area (Å²) in [5.41, 5.74) is 3.73. The first-order valence-electron chi connectivity index (χ1n) is 7.44. The zero-order chi connectivity index (χ0) is 14.0. The number of rotatable bonds is 2. The van der Waals surface area contributed by atoms with Gasteiger partial charge in [-0.05, 0) is 67.3 Å². The Labute approximate surface area is 119 Å². The van der Waals surface area contributed by atoms with Crippen molar-refractivity contribution in [2.24, 2.45) is 5.41 Å². The van der Waals surface area contributed by atoms with Gasteiger partial charge in [-0.2, -0.15) is 0 Å². The largest absolute Gasteiger partial charge is 0.376 e. The third-order valence-electron chi connectivity index (χ3n) is 4.76. The number of nitrogens with one attached hydrogen (secondary N) is 2. The van der Waals surface area contributed by atoms with Gasteiger partial charge in [0.1, 0.15) is 6.73 Å². The van der Waals surface area contributed by atoms with Gasteiger partial charge in [0.2, 0.25) is 0 Å². The minimum Gasteiger partial charge on any atom is -0.376 e. The molecule has 2 aliphatic rings. The van der Waals surface area contributed by atoms with E-state index in [1.165, 1.54) is 30.4 Å². The van der Waals surface area contributed by atoms with Gasteiger partial charge in [-0.25, -0.2) is 0 Å². The Hall–Kier alpha value is -1.39. The molecule has 1 spiro atoms. The van der Waals surface area contributed by atoms with Crippen LogP contribution in [0.2, 0.25) is 0 Å². The summed E-state index contributed by atoms with van der Waals surface area (Å²) in [6.45, 7) is 1.91. The van der Waals surface area contributed by atoms with Crippen LogP contribution in [0.4, 0.5) is 0 Å². The van der Waals surface area contributed by atoms with Gasteiger partial charge in [-0.1, -0.05) is 6.07 Å². The number of hydrogen-bond acceptors (Lipinski definition) is 3. The Kier molecular flexibility index (Phi) is 3.76. The number of carbonyl (C=O) groups is 1. The van der Waals surface area contributed by atoms with Crippen molar-refractivity contribution in [3.63, 3.8) is 0 Å². The van der Waals surface area contributed by atoms with Crippen molar-refractivity contribution in [1.29, 1.82) is 0 Å². The van der Waals surface area contributed by atoms with E-state index in [-0.39, 0.29) is 12.6 Å². The number of aliphatic hydroxyl groups is 1. The van der Waals surface area contributed by atoms with Crippen molar-refractivity contribution in [3.8, 4) is 0 Å². The summed E-state index contributed by atoms with van der Waals surface area (Å²) < 4.78 is 0. The molecule has 1 fully saturated rings. The Morgan fingerprint density at radius 1 is 1.35 bits per heavy atom. The summed E-state index contributed by atoms with van der Waals surface area (Å²) in [6, 6.07) is 5.95. The van der Waals surface area contributed by atoms with E-state index in [1.807, 2.05) is 12.1 Å². The molecule has 0 saturated carbocycles. The molecule has 1 unspecified atom stereocenters. The normalized spacial score (nSPS) is 25.2. The summed E-state index contributed by atoms with van der Waals surface area (Å²) in [7, 11) is 0. The lowest BCUT2D eigenvalue weighted by atomic mass is 9.67. The molecule has 1 aliphatic carbocycles. The third kappa shape index (κ3) is 2.58. The molecule has 20 heavy (non-hydrogen) atoms. The molecular formula is C16H22N2O2. The average Bonchev–Trinajstić information content (AvgIpc) is 2.47. The third-order valence-corrected chi connectivity index (χ3v) is 4.76. The predicted molar refractivity (Wildman–Crippen MR) is 77.6 cm³/mol. The highest BCUT2D eigenvalue weighted by atomic mass is 16.3. The van der Waals surface area contributed by atoms with Gasteiger partial charge in [-0.15, -0.1) is 0 Å². The second-order valence-electron chi connectivity index (χ2n) is 6.10. The minimum atomic E-state index is -0.316. The fourth-order valence-corrected chi connectivity index (χ4v) is 3.64. The molecule has 0 radical (unpaired) electrons. The van der Waals surface area contributed by atoms with E-state index in [0.29, 0.717) is 11.0 Å². The van der Waals surface area contributed by atoms with Crippen LogP contribution in [-0.4, -0.2) is 30.8 Å². The molecule has 1 amide bonds. The summed E-state index contributed by atoms with van der Waals surface area (Å²) >= 11 is 0. The Bertz CT molecular complexity index is 507. The lowest BCUT2D eigenvalue weighted by Crippen LogP contribution is -2.43. The second-order valence-corrected chi connectivity index (χ2v) is 6.10. The topological polar surface area (TPSA) is 61.4 Å². The van der Waals surface area contributed by atoms with Gasteiger partial charge in [-0.3, -0.25) is 4.79 Å². The summed E-state index contributed by atoms with van der Waals surface area (Å²) in [4.78, 5) is 11.8. The van der Waals surface area contributed by atoms with E-state index >= 15 is 0 Å². The first kappa shape index (κ1) is 13.6. The maximum Gasteiger partial charge on any atom is 0.253 e. The highest BCUT2D eigenvalue weighted by molar-refractivity contribution is 5.94. The summed E-state index contributed by atoms with van der Waals surface area (Å²) in [6.07, 6.45) is 5.95. The van der Waals surface area contributed by atoms with Gasteiger partial charge in [0, 0.05) is 12.1 Å². The molecule has 0 bridgehead atoms. The molecule has 3 rings (SSSR count). The van der Waals surface area contributed by atoms with Crippen molar-refractivity contribution in [2.45, 2.75) is 32.1 Å². The molecule has 4 nitrogen and oxygen atoms in total. The van der Waals surface area contributed by atoms with Crippen LogP contribution < -0.4 is 10.6 Å². The summed E-state index contributed by atoms with van der Waals surface area (Å²) in [5.74, 6) is -0.198. The van der Waals surface area contributed by atoms with Gasteiger partial charge >= 0.3 is 0 Å². The Balaban J connectivity index is 1.83. The van der Waals surface area contributed by atoms with Crippen LogP contribution in [0.15, 0.2) is 18.2 Å². The SMILES string of the molecule is O=C(NCO)c1ccc2c(c1)CC1(CCCNC1)CC2. The van der Waals surface area contributed by atoms with E-state index in [2.05, 4.69) is 16.7 Å². The molecule has 4 heteroatoms. The van der Waals surface area contributed by atoms with E-state index in [1.54, 1.807) is 0 Å². The lowest BCUT2D eigenvalue weighted by Gasteiger charge is -2.41. The molecule has 108 valence electrons. The quantitative estimate of drug-likeness (QED) is 0.711. The van der Waals surface area contributed by atoms with E-state index < -0.39 is 0 Å². The highest BCUT2D eigenvalue weighted by Crippen LogP contribution is 2.40. The first-order chi connectivity index (χ1) is 9.72. The predicted octanol–water partition coefficient (Wildman–Crippen LogP) is 1.22. The van der Waals surface area contributed by atoms with E-state index in [9.17, 15) is 4.79 Å². The van der Waals surface area contributed by atoms with Crippen LogP contribution >= 0.6 is 0 Å². The van der Waals surface area contributed by atoms with Crippen molar-refractivity contribution >= 4 is 5.91 Å². The number of benzene rings is 1. The zero-order valence-electron chi connectivity index (χ0n) is 11.7. The zero-order valence-corrected chi connectivity index (χ0v) is 11.7. The van der Waals surface area contributed by atoms with Crippen LogP contribution in [0.1, 0.15) is 40.7 Å². The average molecular weight is 274 g/mol. The fourth-order valence-electron chi connectivity index (χ4n) is 3.64. The number of aryl methyl sites for hydroxylation is 1. The second kappa shape index (κ2) is 5.54. The van der Waals surface area contributed by atoms with E-state index in [4.69, 9.17) is 5.11 Å². The van der Waals surface area contributed by atoms with E-state index in [0.717, 1.165) is 25.9 Å². The standard InChI is InChI=1S/C16H22N2O2/c19-11-18-15(20)13-3-2-12-4-6-16(9-14(12)8-13)5-1-7-17-10-16/h2-3,8,17,19H,1,4-7,9-11H2,(H,18,20). The smallest absolute Gasteiger partial charge is 0.253 e. The first-order valence-corrected chi connectivity index (χ1v) is 7.44. The van der Waals surface area contributed by atoms with Crippen molar-refractivity contribution in [1.82, 2.24) is 10.6 Å². The van der Waals surface area contributed by atoms with Gasteiger partial charge < -0.3 is 15.7 Å². The monoisotopic (exact) mass is 274 g/mol. The van der Waals surface area contributed by atoms with Crippen LogP contribution in [0.3, 0.4) is 0 Å². The van der Waals surface area contributed by atoms with Crippen LogP contribution in [0.25, 0.3) is 0 Å². The molecular weight excluding hydrogens is 252 g/mol. The van der Waals surface area contributed by atoms with Crippen LogP contribution in [0.5, 0.6) is 0 Å². The molecule has 3 N–H and O–H groups in total. The maximum absolute atomic E-state index is 11.8. The van der Waals surface area contributed by atoms with Crippen LogP contribution in [-0.2, 0) is 12.8 Å². The highest BCUT2D eigenvalue weighted by Gasteiger charge is 2.35. The van der Waals surface area contributed by atoms with Crippen molar-refractivity contribution < 1.29 is 9.90 Å². The molecule has 0 aromatic heterocycles. The molecule has 1 saturated heterocycles. The minimum absolute atomic E-state index is 0.198. The Morgan fingerprint density at radius 2 is 2.25 bits per heavy atom. The molecule has 1 aromatic carbocycles. The molecule has 1 heterocycles. The number of piperidine rings is 1. The van der Waals surface area contributed by atoms with Crippen LogP contribution in [0, 0.1) is 5.41 Å². The lowest BCUT2D eigenvalue weighted by molar-refractivity contribution is 0.0910. The molecule has 1 atom stereocenters. The number of carbonyl (C=O) groups excluding carboxylic acids is 1. The number of fused-ring (bicyclic) bond motifs is 1. The molecule has 1 aliphatic heterocycles. The summed E-state index contributed by atoms with van der Waals surface area (Å²) in [5, 5.41) is 14.8. The van der Waals surface area contributed by atoms with Gasteiger partial charge in [0.05, 0.1) is 0 Å². The molecule has 1 aromatic rings. The van der Waals surface area contributed by atoms with Crippen molar-refractivity contribution in [2.75, 3.05) is 19.8 Å². The Morgan fingerprint density at radius 3 is 3.00 bits per heavy atom. The van der Waals surface area contributed by atoms with Gasteiger partial charge in [0.15, 0.2) is 0 Å².